The van der Waals surface area contributed by atoms with E-state index < -0.39 is 35.5 Å². The number of allylic oxidation sites excluding steroid dienone is 2. The van der Waals surface area contributed by atoms with Crippen LogP contribution in [0.5, 0.6) is 0 Å². The van der Waals surface area contributed by atoms with Gasteiger partial charge in [-0.25, -0.2) is 19.7 Å². The zero-order valence-electron chi connectivity index (χ0n) is 34.3. The van der Waals surface area contributed by atoms with Crippen LogP contribution in [-0.4, -0.2) is 123 Å². The molecular weight excluding hydrogens is 689 g/mol. The Kier molecular flexibility index (Phi) is 22.9. The van der Waals surface area contributed by atoms with Gasteiger partial charge in [-0.2, -0.15) is 0 Å². The van der Waals surface area contributed by atoms with Crippen molar-refractivity contribution in [2.24, 2.45) is 11.8 Å². The molecule has 0 aromatic rings. The number of carbonyl (C=O) groups excluding carboxylic acids is 4. The molecule has 4 amide bonds. The fourth-order valence-corrected chi connectivity index (χ4v) is 5.30. The van der Waals surface area contributed by atoms with E-state index in [0.717, 1.165) is 67.7 Å². The van der Waals surface area contributed by atoms with Crippen LogP contribution in [0.4, 0.5) is 9.59 Å². The smallest absolute Gasteiger partial charge is 0.408 e. The molecule has 0 bridgehead atoms. The predicted octanol–water partition coefficient (Wildman–Crippen LogP) is 5.71. The molecule has 0 aliphatic carbocycles. The number of nitrogens with zero attached hydrogens (tertiary/aromatic N) is 3. The summed E-state index contributed by atoms with van der Waals surface area (Å²) in [5.41, 5.74) is -0.144. The first kappa shape index (κ1) is 49.0. The van der Waals surface area contributed by atoms with Gasteiger partial charge in [-0.15, -0.1) is 11.8 Å². The number of alkyl carbamates (subject to hydrolysis) is 2. The monoisotopic (exact) mass is 758 g/mol. The van der Waals surface area contributed by atoms with Gasteiger partial charge in [-0.05, 0) is 130 Å². The number of rotatable bonds is 12. The lowest BCUT2D eigenvalue weighted by Gasteiger charge is -2.35. The van der Waals surface area contributed by atoms with E-state index in [0.29, 0.717) is 24.7 Å². The molecule has 302 valence electrons. The van der Waals surface area contributed by atoms with E-state index in [4.69, 9.17) is 19.1 Å². The van der Waals surface area contributed by atoms with Crippen LogP contribution < -0.4 is 16.0 Å². The van der Waals surface area contributed by atoms with Crippen molar-refractivity contribution in [1.82, 2.24) is 31.0 Å². The summed E-state index contributed by atoms with van der Waals surface area (Å²) in [5.74, 6) is 0.197. The Morgan fingerprint density at radius 1 is 0.769 bits per heavy atom. The fraction of sp³-hybridized carbons (Fsp3) is 0.784. The zero-order valence-corrected chi connectivity index (χ0v) is 35.1. The van der Waals surface area contributed by atoms with Crippen LogP contribution in [0.3, 0.4) is 0 Å². The Morgan fingerprint density at radius 3 is 1.40 bits per heavy atom. The van der Waals surface area contributed by atoms with Crippen molar-refractivity contribution in [3.05, 3.63) is 23.8 Å². The number of ether oxygens (including phenoxy) is 2. The van der Waals surface area contributed by atoms with Crippen molar-refractivity contribution in [2.75, 3.05) is 60.7 Å². The summed E-state index contributed by atoms with van der Waals surface area (Å²) < 4.78 is 10.5. The highest BCUT2D eigenvalue weighted by Gasteiger charge is 2.32. The number of thioether (sulfide) groups is 1. The number of hydrogen-bond donors (Lipinski definition) is 3. The Hall–Kier alpha value is -3.01. The second-order valence-electron chi connectivity index (χ2n) is 15.2. The summed E-state index contributed by atoms with van der Waals surface area (Å²) >= 11 is 1.69. The Morgan fingerprint density at radius 2 is 1.12 bits per heavy atom. The van der Waals surface area contributed by atoms with Crippen LogP contribution in [0, 0.1) is 11.8 Å². The van der Waals surface area contributed by atoms with Crippen molar-refractivity contribution in [2.45, 2.75) is 117 Å². The van der Waals surface area contributed by atoms with Crippen LogP contribution >= 0.6 is 11.8 Å². The third-order valence-electron chi connectivity index (χ3n) is 8.25. The van der Waals surface area contributed by atoms with E-state index in [1.807, 2.05) is 20.1 Å². The minimum Gasteiger partial charge on any atom is -0.444 e. The molecule has 52 heavy (non-hydrogen) atoms. The first-order valence-electron chi connectivity index (χ1n) is 18.0. The normalized spacial score (nSPS) is 16.4. The van der Waals surface area contributed by atoms with E-state index in [9.17, 15) is 19.2 Å². The number of hydroxylamine groups is 4. The highest BCUT2D eigenvalue weighted by molar-refractivity contribution is 8.02. The van der Waals surface area contributed by atoms with Crippen molar-refractivity contribution < 1.29 is 38.3 Å². The predicted molar refractivity (Wildman–Crippen MR) is 208 cm³/mol. The fourth-order valence-electron chi connectivity index (χ4n) is 5.30. The molecule has 2 atom stereocenters. The van der Waals surface area contributed by atoms with Crippen molar-refractivity contribution in [3.63, 3.8) is 0 Å². The van der Waals surface area contributed by atoms with Crippen LogP contribution in [0.25, 0.3) is 0 Å². The van der Waals surface area contributed by atoms with E-state index in [2.05, 4.69) is 34.0 Å². The zero-order chi connectivity index (χ0) is 40.2. The molecule has 2 rings (SSSR count). The van der Waals surface area contributed by atoms with Gasteiger partial charge < -0.3 is 30.3 Å². The summed E-state index contributed by atoms with van der Waals surface area (Å²) in [7, 11) is 5.92. The largest absolute Gasteiger partial charge is 0.444 e. The van der Waals surface area contributed by atoms with Crippen LogP contribution in [-0.2, 0) is 28.7 Å². The van der Waals surface area contributed by atoms with Gasteiger partial charge in [0, 0.05) is 32.9 Å². The van der Waals surface area contributed by atoms with E-state index in [1.165, 1.54) is 33.2 Å². The van der Waals surface area contributed by atoms with Crippen LogP contribution in [0.15, 0.2) is 23.8 Å². The molecule has 2 fully saturated rings. The van der Waals surface area contributed by atoms with Gasteiger partial charge in [0.05, 0.1) is 14.2 Å². The van der Waals surface area contributed by atoms with Gasteiger partial charge in [0.15, 0.2) is 0 Å². The first-order chi connectivity index (χ1) is 24.0. The highest BCUT2D eigenvalue weighted by atomic mass is 32.2. The van der Waals surface area contributed by atoms with Gasteiger partial charge in [-0.3, -0.25) is 19.3 Å². The summed E-state index contributed by atoms with van der Waals surface area (Å²) in [6.07, 6.45) is 5.92. The molecule has 2 aliphatic heterocycles. The molecule has 15 heteroatoms. The second kappa shape index (κ2) is 24.3. The van der Waals surface area contributed by atoms with E-state index >= 15 is 0 Å². The highest BCUT2D eigenvalue weighted by Crippen LogP contribution is 2.25. The lowest BCUT2D eigenvalue weighted by atomic mass is 9.89. The quantitative estimate of drug-likeness (QED) is 0.210. The average Bonchev–Trinajstić information content (AvgIpc) is 3.05. The summed E-state index contributed by atoms with van der Waals surface area (Å²) in [6.45, 7) is 26.1. The number of carbonyl (C=O) groups is 4. The third kappa shape index (κ3) is 22.1. The SMILES string of the molecule is C=C(C)N1CCC(C[C@H](NC(=O)OC(C)(C)C)C(=O)N(C)OC)CC1.C=C(C)SC.CON(C)C(=O)[C@H](CC1CCNCC1)NC(=O)OC(C)(C)C. The number of likely N-dealkylation sites (tertiary alicyclic amines) is 1. The summed E-state index contributed by atoms with van der Waals surface area (Å²) in [5, 5.41) is 11.0. The maximum atomic E-state index is 12.5. The molecule has 0 unspecified atom stereocenters. The molecular formula is C37H70N6O8S. The van der Waals surface area contributed by atoms with Gasteiger partial charge in [-0.1, -0.05) is 13.2 Å². The maximum absolute atomic E-state index is 12.5. The Balaban J connectivity index is 0.000000890. The standard InChI is InChI=1S/C18H33N3O4.C15H29N3O4.C4H8S/c1-13(2)21-10-8-14(9-11-21)12-15(16(22)20(6)24-7)19-17(23)25-18(3,4)5;1-15(2,3)22-14(20)17-12(13(19)18(4)21-5)10-11-6-8-16-9-7-11;1-4(2)5-3/h14-15H,1,8-12H2,2-7H3,(H,19,23);11-12,16H,6-10H2,1-5H3,(H,17,20);1H2,2-3H3/t15-;12-;/m00./s1. The summed E-state index contributed by atoms with van der Waals surface area (Å²) in [4.78, 5) is 62.3. The minimum atomic E-state index is -0.666. The third-order valence-corrected chi connectivity index (χ3v) is 8.94. The lowest BCUT2D eigenvalue weighted by Crippen LogP contribution is -2.49. The molecule has 0 aromatic carbocycles. The average molecular weight is 759 g/mol. The molecule has 3 N–H and O–H groups in total. The number of likely N-dealkylation sites (N-methyl/N-ethyl adjacent to an activating group) is 2. The van der Waals surface area contributed by atoms with Gasteiger partial charge in [0.2, 0.25) is 0 Å². The van der Waals surface area contributed by atoms with Crippen molar-refractivity contribution >= 4 is 35.8 Å². The minimum absolute atomic E-state index is 0.271. The molecule has 0 radical (unpaired) electrons. The Labute approximate surface area is 318 Å². The molecule has 2 aliphatic rings. The second-order valence-corrected chi connectivity index (χ2v) is 16.3. The van der Waals surface area contributed by atoms with E-state index in [1.54, 1.807) is 53.3 Å². The topological polar surface area (TPSA) is 151 Å². The molecule has 2 heterocycles. The molecule has 14 nitrogen and oxygen atoms in total. The number of nitrogens with one attached hydrogen (secondary N) is 3. The molecule has 0 aromatic heterocycles. The van der Waals surface area contributed by atoms with Crippen LogP contribution in [0.2, 0.25) is 0 Å². The lowest BCUT2D eigenvalue weighted by molar-refractivity contribution is -0.171. The summed E-state index contributed by atoms with van der Waals surface area (Å²) in [6, 6.07) is -1.30. The van der Waals surface area contributed by atoms with Gasteiger partial charge in [0.25, 0.3) is 11.8 Å². The first-order valence-corrected chi connectivity index (χ1v) is 19.2. The number of piperidine rings is 2. The molecule has 2 saturated heterocycles. The number of hydrogen-bond acceptors (Lipinski definition) is 11. The molecule has 0 spiro atoms. The maximum Gasteiger partial charge on any atom is 0.408 e. The van der Waals surface area contributed by atoms with Gasteiger partial charge in [0.1, 0.15) is 23.3 Å². The van der Waals surface area contributed by atoms with E-state index in [-0.39, 0.29) is 11.8 Å². The van der Waals surface area contributed by atoms with Gasteiger partial charge >= 0.3 is 12.2 Å². The van der Waals surface area contributed by atoms with Crippen molar-refractivity contribution in [1.29, 1.82) is 0 Å². The molecule has 0 saturated carbocycles. The van der Waals surface area contributed by atoms with Crippen molar-refractivity contribution in [3.8, 4) is 0 Å². The van der Waals surface area contributed by atoms with Crippen LogP contribution in [0.1, 0.15) is 93.9 Å². The Bertz CT molecular complexity index is 1130. The number of amides is 4.